The lowest BCUT2D eigenvalue weighted by Crippen LogP contribution is -2.54. The lowest BCUT2D eigenvalue weighted by Gasteiger charge is -2.40. The van der Waals surface area contributed by atoms with Crippen molar-refractivity contribution in [1.82, 2.24) is 4.90 Å². The molecule has 0 bridgehead atoms. The van der Waals surface area contributed by atoms with E-state index in [0.717, 1.165) is 11.3 Å². The van der Waals surface area contributed by atoms with Gasteiger partial charge in [-0.1, -0.05) is 17.7 Å². The Labute approximate surface area is 178 Å². The van der Waals surface area contributed by atoms with Gasteiger partial charge in [-0.15, -0.1) is 13.2 Å². The second-order valence-corrected chi connectivity index (χ2v) is 7.85. The molecular formula is C22H24F3N3O3. The van der Waals surface area contributed by atoms with Gasteiger partial charge in [-0.2, -0.15) is 0 Å². The maximum absolute atomic E-state index is 12.6. The van der Waals surface area contributed by atoms with Gasteiger partial charge in [0.15, 0.2) is 0 Å². The van der Waals surface area contributed by atoms with Crippen LogP contribution in [-0.4, -0.2) is 60.7 Å². The lowest BCUT2D eigenvalue weighted by molar-refractivity contribution is -0.274. The molecule has 2 aliphatic heterocycles. The number of alkyl halides is 3. The number of carbonyl (C=O) groups is 1. The highest BCUT2D eigenvalue weighted by molar-refractivity contribution is 5.96. The van der Waals surface area contributed by atoms with Gasteiger partial charge in [0.25, 0.3) is 0 Å². The number of anilines is 2. The first kappa shape index (κ1) is 21.5. The van der Waals surface area contributed by atoms with Crippen molar-refractivity contribution in [3.8, 4) is 5.75 Å². The zero-order valence-electron chi connectivity index (χ0n) is 17.0. The van der Waals surface area contributed by atoms with E-state index in [-0.39, 0.29) is 24.1 Å². The quantitative estimate of drug-likeness (QED) is 0.800. The van der Waals surface area contributed by atoms with Crippen LogP contribution in [0.15, 0.2) is 48.5 Å². The molecule has 2 fully saturated rings. The molecule has 2 unspecified atom stereocenters. The summed E-state index contributed by atoms with van der Waals surface area (Å²) in [6.45, 7) is 4.52. The third-order valence-corrected chi connectivity index (χ3v) is 5.79. The van der Waals surface area contributed by atoms with E-state index in [9.17, 15) is 23.1 Å². The van der Waals surface area contributed by atoms with Gasteiger partial charge in [0.05, 0.1) is 6.04 Å². The molecule has 2 aromatic carbocycles. The third kappa shape index (κ3) is 4.77. The molecule has 4 rings (SSSR count). The number of aryl methyl sites for hydroxylation is 1. The molecule has 2 aromatic rings. The molecule has 0 saturated carbocycles. The number of piperazine rings is 1. The second-order valence-electron chi connectivity index (χ2n) is 7.85. The Hall–Kier alpha value is -2.78. The second kappa shape index (κ2) is 8.39. The van der Waals surface area contributed by atoms with Crippen LogP contribution < -0.4 is 14.5 Å². The summed E-state index contributed by atoms with van der Waals surface area (Å²) < 4.78 is 40.9. The van der Waals surface area contributed by atoms with E-state index in [1.54, 1.807) is 12.1 Å². The minimum absolute atomic E-state index is 0.107. The van der Waals surface area contributed by atoms with E-state index in [4.69, 9.17) is 0 Å². The summed E-state index contributed by atoms with van der Waals surface area (Å²) in [5.41, 5.74) is 2.57. The number of ether oxygens (including phenoxy) is 1. The van der Waals surface area contributed by atoms with Crippen molar-refractivity contribution in [2.75, 3.05) is 36.0 Å². The molecule has 2 heterocycles. The van der Waals surface area contributed by atoms with Gasteiger partial charge in [0.1, 0.15) is 12.0 Å². The minimum atomic E-state index is -4.71. The predicted octanol–water partition coefficient (Wildman–Crippen LogP) is 3.14. The Morgan fingerprint density at radius 1 is 0.935 bits per heavy atom. The standard InChI is InChI=1S/C22H24F3N3O3/c1-15-2-4-17(5-3-15)28-20(29)14-19(21(28)30)27-12-10-26(11-13-27)16-6-8-18(9-7-16)31-22(23,24)25/h2-9,19,21,30H,10-14H2,1H3. The molecular weight excluding hydrogens is 411 g/mol. The highest BCUT2D eigenvalue weighted by Gasteiger charge is 2.43. The van der Waals surface area contributed by atoms with E-state index < -0.39 is 12.6 Å². The largest absolute Gasteiger partial charge is 0.573 e. The molecule has 1 N–H and O–H groups in total. The van der Waals surface area contributed by atoms with Crippen LogP contribution in [0.2, 0.25) is 0 Å². The summed E-state index contributed by atoms with van der Waals surface area (Å²) in [4.78, 5) is 18.2. The van der Waals surface area contributed by atoms with Crippen LogP contribution in [-0.2, 0) is 4.79 Å². The molecule has 6 nitrogen and oxygen atoms in total. The minimum Gasteiger partial charge on any atom is -0.406 e. The summed E-state index contributed by atoms with van der Waals surface area (Å²) in [7, 11) is 0. The summed E-state index contributed by atoms with van der Waals surface area (Å²) in [5.74, 6) is -0.359. The predicted molar refractivity (Wildman–Crippen MR) is 110 cm³/mol. The van der Waals surface area contributed by atoms with Crippen molar-refractivity contribution >= 4 is 17.3 Å². The number of nitrogens with zero attached hydrogens (tertiary/aromatic N) is 3. The first-order valence-corrected chi connectivity index (χ1v) is 10.1. The first-order chi connectivity index (χ1) is 14.7. The van der Waals surface area contributed by atoms with Gasteiger partial charge in [-0.05, 0) is 43.3 Å². The van der Waals surface area contributed by atoms with Crippen molar-refractivity contribution in [2.24, 2.45) is 0 Å². The van der Waals surface area contributed by atoms with Crippen LogP contribution in [0.5, 0.6) is 5.75 Å². The summed E-state index contributed by atoms with van der Waals surface area (Å²) >= 11 is 0. The van der Waals surface area contributed by atoms with Crippen LogP contribution in [0.1, 0.15) is 12.0 Å². The molecule has 0 aliphatic carbocycles. The van der Waals surface area contributed by atoms with E-state index in [2.05, 4.69) is 14.5 Å². The Bertz CT molecular complexity index is 910. The molecule has 31 heavy (non-hydrogen) atoms. The lowest BCUT2D eigenvalue weighted by atomic mass is 10.1. The van der Waals surface area contributed by atoms with Gasteiger partial charge >= 0.3 is 6.36 Å². The number of carbonyl (C=O) groups excluding carboxylic acids is 1. The van der Waals surface area contributed by atoms with E-state index >= 15 is 0 Å². The van der Waals surface area contributed by atoms with Crippen molar-refractivity contribution in [2.45, 2.75) is 32.0 Å². The third-order valence-electron chi connectivity index (χ3n) is 5.79. The zero-order chi connectivity index (χ0) is 22.2. The van der Waals surface area contributed by atoms with Crippen LogP contribution in [0.3, 0.4) is 0 Å². The number of hydrogen-bond donors (Lipinski definition) is 1. The zero-order valence-corrected chi connectivity index (χ0v) is 17.0. The highest BCUT2D eigenvalue weighted by atomic mass is 19.4. The maximum atomic E-state index is 12.6. The van der Waals surface area contributed by atoms with Crippen LogP contribution in [0.4, 0.5) is 24.5 Å². The molecule has 2 saturated heterocycles. The summed E-state index contributed by atoms with van der Waals surface area (Å²) in [5, 5.41) is 10.8. The smallest absolute Gasteiger partial charge is 0.406 e. The first-order valence-electron chi connectivity index (χ1n) is 10.1. The number of aliphatic hydroxyl groups excluding tert-OH is 1. The fourth-order valence-corrected chi connectivity index (χ4v) is 4.19. The number of aliphatic hydroxyl groups is 1. The fourth-order valence-electron chi connectivity index (χ4n) is 4.19. The molecule has 9 heteroatoms. The van der Waals surface area contributed by atoms with Crippen molar-refractivity contribution in [1.29, 1.82) is 0 Å². The molecule has 166 valence electrons. The molecule has 2 atom stereocenters. The SMILES string of the molecule is Cc1ccc(N2C(=O)CC(N3CCN(c4ccc(OC(F)(F)F)cc4)CC3)C2O)cc1. The number of benzene rings is 2. The van der Waals surface area contributed by atoms with Crippen LogP contribution in [0, 0.1) is 6.92 Å². The van der Waals surface area contributed by atoms with Gasteiger partial charge < -0.3 is 14.7 Å². The topological polar surface area (TPSA) is 56.3 Å². The number of rotatable bonds is 4. The Morgan fingerprint density at radius 2 is 1.52 bits per heavy atom. The molecule has 2 aliphatic rings. The van der Waals surface area contributed by atoms with Crippen molar-refractivity contribution in [3.05, 3.63) is 54.1 Å². The Balaban J connectivity index is 1.36. The molecule has 0 spiro atoms. The average molecular weight is 435 g/mol. The maximum Gasteiger partial charge on any atom is 0.573 e. The van der Waals surface area contributed by atoms with E-state index in [1.165, 1.54) is 17.0 Å². The van der Waals surface area contributed by atoms with E-state index in [1.807, 2.05) is 31.2 Å². The summed E-state index contributed by atoms with van der Waals surface area (Å²) in [6, 6.07) is 13.0. The number of halogens is 3. The molecule has 0 radical (unpaired) electrons. The molecule has 0 aromatic heterocycles. The Morgan fingerprint density at radius 3 is 2.10 bits per heavy atom. The van der Waals surface area contributed by atoms with Gasteiger partial charge in [0, 0.05) is 44.0 Å². The van der Waals surface area contributed by atoms with Crippen molar-refractivity contribution < 1.29 is 27.8 Å². The fraction of sp³-hybridized carbons (Fsp3) is 0.409. The van der Waals surface area contributed by atoms with Crippen molar-refractivity contribution in [3.63, 3.8) is 0 Å². The highest BCUT2D eigenvalue weighted by Crippen LogP contribution is 2.31. The van der Waals surface area contributed by atoms with Crippen LogP contribution >= 0.6 is 0 Å². The molecule has 1 amide bonds. The monoisotopic (exact) mass is 435 g/mol. The van der Waals surface area contributed by atoms with Gasteiger partial charge in [-0.3, -0.25) is 14.6 Å². The number of hydrogen-bond acceptors (Lipinski definition) is 5. The normalized spacial score (nSPS) is 22.8. The van der Waals surface area contributed by atoms with E-state index in [0.29, 0.717) is 31.9 Å². The van der Waals surface area contributed by atoms with Gasteiger partial charge in [-0.25, -0.2) is 0 Å². The van der Waals surface area contributed by atoms with Crippen LogP contribution in [0.25, 0.3) is 0 Å². The summed E-state index contributed by atoms with van der Waals surface area (Å²) in [6.07, 6.45) is -5.38. The average Bonchev–Trinajstić information content (AvgIpc) is 3.02. The van der Waals surface area contributed by atoms with Gasteiger partial charge in [0.2, 0.25) is 5.91 Å². The number of amides is 1. The Kier molecular flexibility index (Phi) is 5.81.